The number of rotatable bonds is 4. The van der Waals surface area contributed by atoms with Crippen LogP contribution < -0.4 is 5.73 Å². The van der Waals surface area contributed by atoms with E-state index in [1.54, 1.807) is 12.4 Å². The van der Waals surface area contributed by atoms with E-state index >= 15 is 0 Å². The Morgan fingerprint density at radius 3 is 2.61 bits per heavy atom. The van der Waals surface area contributed by atoms with Crippen LogP contribution in [0.4, 0.5) is 4.39 Å². The van der Waals surface area contributed by atoms with Crippen molar-refractivity contribution in [1.29, 1.82) is 0 Å². The van der Waals surface area contributed by atoms with Crippen molar-refractivity contribution in [3.05, 3.63) is 65.2 Å². The number of hydrogen-bond acceptors (Lipinski definition) is 2. The number of halogens is 1. The molecule has 2 rings (SSSR count). The number of nitrogens with two attached hydrogens (primary N) is 1. The van der Waals surface area contributed by atoms with Gasteiger partial charge in [-0.15, -0.1) is 0 Å². The second-order valence-corrected chi connectivity index (χ2v) is 4.56. The molecule has 2 nitrogen and oxygen atoms in total. The molecule has 0 bridgehead atoms. The SMILES string of the molecule is Cc1cc(F)cc(C(N)CCc2ccncc2)c1. The Balaban J connectivity index is 2.01. The molecule has 1 aromatic carbocycles. The molecule has 0 saturated heterocycles. The maximum absolute atomic E-state index is 13.3. The lowest BCUT2D eigenvalue weighted by atomic mass is 9.99. The standard InChI is InChI=1S/C15H17FN2/c1-11-8-13(10-14(16)9-11)15(17)3-2-12-4-6-18-7-5-12/h4-10,15H,2-3,17H2,1H3. The molecule has 18 heavy (non-hydrogen) atoms. The van der Waals surface area contributed by atoms with Gasteiger partial charge in [-0.05, 0) is 60.7 Å². The number of aromatic nitrogens is 1. The minimum absolute atomic E-state index is 0.132. The largest absolute Gasteiger partial charge is 0.324 e. The van der Waals surface area contributed by atoms with Gasteiger partial charge in [-0.3, -0.25) is 4.98 Å². The molecule has 0 fully saturated rings. The van der Waals surface area contributed by atoms with Crippen LogP contribution in [-0.2, 0) is 6.42 Å². The van der Waals surface area contributed by atoms with Gasteiger partial charge in [0.1, 0.15) is 5.82 Å². The minimum Gasteiger partial charge on any atom is -0.324 e. The Morgan fingerprint density at radius 1 is 1.22 bits per heavy atom. The fraction of sp³-hybridized carbons (Fsp3) is 0.267. The monoisotopic (exact) mass is 244 g/mol. The molecule has 1 heterocycles. The molecule has 0 aliphatic rings. The van der Waals surface area contributed by atoms with E-state index < -0.39 is 0 Å². The summed E-state index contributed by atoms with van der Waals surface area (Å²) < 4.78 is 13.3. The highest BCUT2D eigenvalue weighted by Crippen LogP contribution is 2.19. The van der Waals surface area contributed by atoms with Crippen molar-refractivity contribution in [3.63, 3.8) is 0 Å². The van der Waals surface area contributed by atoms with Crippen LogP contribution in [-0.4, -0.2) is 4.98 Å². The van der Waals surface area contributed by atoms with Crippen LogP contribution >= 0.6 is 0 Å². The fourth-order valence-electron chi connectivity index (χ4n) is 2.02. The molecule has 0 aliphatic heterocycles. The zero-order chi connectivity index (χ0) is 13.0. The first kappa shape index (κ1) is 12.7. The lowest BCUT2D eigenvalue weighted by Crippen LogP contribution is -2.12. The predicted octanol–water partition coefficient (Wildman–Crippen LogP) is 3.16. The summed E-state index contributed by atoms with van der Waals surface area (Å²) in [5.74, 6) is -0.218. The second kappa shape index (κ2) is 5.74. The molecule has 94 valence electrons. The maximum atomic E-state index is 13.3. The van der Waals surface area contributed by atoms with E-state index in [0.29, 0.717) is 0 Å². The summed E-state index contributed by atoms with van der Waals surface area (Å²) in [7, 11) is 0. The molecule has 1 atom stereocenters. The van der Waals surface area contributed by atoms with E-state index in [2.05, 4.69) is 4.98 Å². The van der Waals surface area contributed by atoms with Gasteiger partial charge in [0.2, 0.25) is 0 Å². The molecule has 3 heteroatoms. The molecule has 2 N–H and O–H groups in total. The Kier molecular flexibility index (Phi) is 4.05. The highest BCUT2D eigenvalue weighted by molar-refractivity contribution is 5.26. The maximum Gasteiger partial charge on any atom is 0.123 e. The van der Waals surface area contributed by atoms with E-state index in [1.165, 1.54) is 17.7 Å². The van der Waals surface area contributed by atoms with Crippen molar-refractivity contribution < 1.29 is 4.39 Å². The normalized spacial score (nSPS) is 12.4. The highest BCUT2D eigenvalue weighted by Gasteiger charge is 2.08. The summed E-state index contributed by atoms with van der Waals surface area (Å²) in [6.07, 6.45) is 5.21. The molecular weight excluding hydrogens is 227 g/mol. The first-order chi connectivity index (χ1) is 8.65. The van der Waals surface area contributed by atoms with Gasteiger partial charge in [0.25, 0.3) is 0 Å². The summed E-state index contributed by atoms with van der Waals surface area (Å²) in [5.41, 5.74) is 9.07. The van der Waals surface area contributed by atoms with E-state index in [9.17, 15) is 4.39 Å². The van der Waals surface area contributed by atoms with Crippen molar-refractivity contribution in [2.45, 2.75) is 25.8 Å². The average Bonchev–Trinajstić information content (AvgIpc) is 2.36. The van der Waals surface area contributed by atoms with E-state index in [4.69, 9.17) is 5.73 Å². The van der Waals surface area contributed by atoms with Crippen LogP contribution in [0.15, 0.2) is 42.7 Å². The quantitative estimate of drug-likeness (QED) is 0.897. The summed E-state index contributed by atoms with van der Waals surface area (Å²) >= 11 is 0. The van der Waals surface area contributed by atoms with Crippen LogP contribution in [0.5, 0.6) is 0 Å². The first-order valence-corrected chi connectivity index (χ1v) is 6.07. The van der Waals surface area contributed by atoms with E-state index in [0.717, 1.165) is 24.0 Å². The molecular formula is C15H17FN2. The summed E-state index contributed by atoms with van der Waals surface area (Å²) in [4.78, 5) is 3.97. The van der Waals surface area contributed by atoms with Crippen LogP contribution in [0.25, 0.3) is 0 Å². The Morgan fingerprint density at radius 2 is 1.94 bits per heavy atom. The molecule has 0 aliphatic carbocycles. The third kappa shape index (κ3) is 3.37. The number of pyridine rings is 1. The molecule has 1 aromatic heterocycles. The van der Waals surface area contributed by atoms with Gasteiger partial charge in [-0.25, -0.2) is 4.39 Å². The topological polar surface area (TPSA) is 38.9 Å². The van der Waals surface area contributed by atoms with Gasteiger partial charge in [0.05, 0.1) is 0 Å². The number of hydrogen-bond donors (Lipinski definition) is 1. The highest BCUT2D eigenvalue weighted by atomic mass is 19.1. The average molecular weight is 244 g/mol. The van der Waals surface area contributed by atoms with E-state index in [1.807, 2.05) is 25.1 Å². The third-order valence-electron chi connectivity index (χ3n) is 2.99. The van der Waals surface area contributed by atoms with Crippen LogP contribution in [0.3, 0.4) is 0 Å². The van der Waals surface area contributed by atoms with Crippen molar-refractivity contribution in [2.75, 3.05) is 0 Å². The summed E-state index contributed by atoms with van der Waals surface area (Å²) in [6, 6.07) is 8.80. The third-order valence-corrected chi connectivity index (χ3v) is 2.99. The van der Waals surface area contributed by atoms with Crippen molar-refractivity contribution in [2.24, 2.45) is 5.73 Å². The van der Waals surface area contributed by atoms with Gasteiger partial charge in [0.15, 0.2) is 0 Å². The van der Waals surface area contributed by atoms with Gasteiger partial charge in [0, 0.05) is 18.4 Å². The number of nitrogens with zero attached hydrogens (tertiary/aromatic N) is 1. The van der Waals surface area contributed by atoms with Gasteiger partial charge < -0.3 is 5.73 Å². The Hall–Kier alpha value is -1.74. The molecule has 0 saturated carbocycles. The number of aryl methyl sites for hydroxylation is 2. The van der Waals surface area contributed by atoms with Gasteiger partial charge >= 0.3 is 0 Å². The lowest BCUT2D eigenvalue weighted by molar-refractivity contribution is 0.607. The molecule has 0 amide bonds. The van der Waals surface area contributed by atoms with Crippen molar-refractivity contribution in [3.8, 4) is 0 Å². The summed E-state index contributed by atoms with van der Waals surface area (Å²) in [5, 5.41) is 0. The molecule has 0 spiro atoms. The zero-order valence-corrected chi connectivity index (χ0v) is 10.4. The van der Waals surface area contributed by atoms with Crippen LogP contribution in [0.1, 0.15) is 29.2 Å². The van der Waals surface area contributed by atoms with Crippen molar-refractivity contribution >= 4 is 0 Å². The molecule has 2 aromatic rings. The minimum atomic E-state index is -0.218. The van der Waals surface area contributed by atoms with E-state index in [-0.39, 0.29) is 11.9 Å². The fourth-order valence-corrected chi connectivity index (χ4v) is 2.02. The Labute approximate surface area is 107 Å². The molecule has 0 radical (unpaired) electrons. The zero-order valence-electron chi connectivity index (χ0n) is 10.4. The lowest BCUT2D eigenvalue weighted by Gasteiger charge is -2.13. The Bertz CT molecular complexity index is 491. The van der Waals surface area contributed by atoms with Gasteiger partial charge in [-0.2, -0.15) is 0 Å². The second-order valence-electron chi connectivity index (χ2n) is 4.56. The van der Waals surface area contributed by atoms with Gasteiger partial charge in [-0.1, -0.05) is 6.07 Å². The van der Waals surface area contributed by atoms with Crippen LogP contribution in [0, 0.1) is 12.7 Å². The van der Waals surface area contributed by atoms with Crippen LogP contribution in [0.2, 0.25) is 0 Å². The first-order valence-electron chi connectivity index (χ1n) is 6.07. The smallest absolute Gasteiger partial charge is 0.123 e. The number of benzene rings is 1. The van der Waals surface area contributed by atoms with Crippen molar-refractivity contribution in [1.82, 2.24) is 4.98 Å². The summed E-state index contributed by atoms with van der Waals surface area (Å²) in [6.45, 7) is 1.88. The predicted molar refractivity (Wildman–Crippen MR) is 70.6 cm³/mol. The molecule has 1 unspecified atom stereocenters.